The van der Waals surface area contributed by atoms with Crippen molar-refractivity contribution >= 4 is 17.6 Å². The predicted octanol–water partition coefficient (Wildman–Crippen LogP) is 8.20. The number of nitrogens with one attached hydrogen (secondary N) is 1. The second-order valence-corrected chi connectivity index (χ2v) is 11.5. The van der Waals surface area contributed by atoms with Gasteiger partial charge < -0.3 is 15.2 Å². The summed E-state index contributed by atoms with van der Waals surface area (Å²) < 4.78 is 47.4. The van der Waals surface area contributed by atoms with Crippen LogP contribution in [-0.2, 0) is 29.5 Å². The molecular weight excluding hydrogens is 601 g/mol. The van der Waals surface area contributed by atoms with Gasteiger partial charge in [-0.15, -0.1) is 0 Å². The Morgan fingerprint density at radius 3 is 2.16 bits per heavy atom. The van der Waals surface area contributed by atoms with Gasteiger partial charge in [0.05, 0.1) is 22.7 Å². The van der Waals surface area contributed by atoms with E-state index in [0.717, 1.165) is 22.8 Å². The Bertz CT molecular complexity index is 1490. The van der Waals surface area contributed by atoms with E-state index in [0.29, 0.717) is 43.9 Å². The number of carbonyl (C=O) groups is 1. The zero-order valence-corrected chi connectivity index (χ0v) is 26.1. The first-order chi connectivity index (χ1) is 21.5. The summed E-state index contributed by atoms with van der Waals surface area (Å²) in [5.41, 5.74) is 1.86. The smallest absolute Gasteiger partial charge is 0.417 e. The van der Waals surface area contributed by atoms with Crippen LogP contribution in [0.4, 0.5) is 13.2 Å². The average Bonchev–Trinajstić information content (AvgIpc) is 3.03. The molecule has 0 fully saturated rings. The first kappa shape index (κ1) is 34.0. The third-order valence-electron chi connectivity index (χ3n) is 8.02. The van der Waals surface area contributed by atoms with Crippen molar-refractivity contribution in [1.82, 2.24) is 10.2 Å². The van der Waals surface area contributed by atoms with E-state index in [-0.39, 0.29) is 11.6 Å². The molecule has 0 aliphatic heterocycles. The molecule has 1 atom stereocenters. The number of rotatable bonds is 15. The van der Waals surface area contributed by atoms with Crippen LogP contribution in [0.2, 0.25) is 5.02 Å². The SMILES string of the molecule is C[C@H](NCCc1cccc(OCCCN(Cc2cccc(C(F)(F)F)c2Cl)C(C)(c2ccccc2)c2ccccc2)c1)C(=O)O. The molecule has 0 aliphatic rings. The largest absolute Gasteiger partial charge is 0.494 e. The van der Waals surface area contributed by atoms with Crippen LogP contribution in [0.3, 0.4) is 0 Å². The predicted molar refractivity (Wildman–Crippen MR) is 172 cm³/mol. The molecule has 0 saturated carbocycles. The van der Waals surface area contributed by atoms with Gasteiger partial charge in [-0.3, -0.25) is 9.69 Å². The summed E-state index contributed by atoms with van der Waals surface area (Å²) in [5, 5.41) is 11.7. The second-order valence-electron chi connectivity index (χ2n) is 11.1. The minimum atomic E-state index is -4.56. The van der Waals surface area contributed by atoms with Gasteiger partial charge in [0.1, 0.15) is 11.8 Å². The summed E-state index contributed by atoms with van der Waals surface area (Å²) >= 11 is 6.40. The van der Waals surface area contributed by atoms with E-state index < -0.39 is 29.3 Å². The molecule has 0 saturated heterocycles. The molecule has 238 valence electrons. The van der Waals surface area contributed by atoms with Crippen LogP contribution in [0.15, 0.2) is 103 Å². The summed E-state index contributed by atoms with van der Waals surface area (Å²) in [6.07, 6.45) is -3.33. The van der Waals surface area contributed by atoms with Crippen LogP contribution in [-0.4, -0.2) is 41.7 Å². The topological polar surface area (TPSA) is 61.8 Å². The standard InChI is InChI=1S/C36H38ClF3N2O3/c1-26(34(43)44)41-21-20-27-12-9-18-31(24-27)45-23-11-22-42(25-28-13-10-19-32(33(28)37)36(38,39)40)35(2,29-14-5-3-6-15-29)30-16-7-4-8-17-30/h3-10,12-19,24,26,41H,11,20-23,25H2,1-2H3,(H,43,44)/t26-/m0/s1. The number of halogens is 4. The van der Waals surface area contributed by atoms with Gasteiger partial charge in [-0.1, -0.05) is 96.5 Å². The highest BCUT2D eigenvalue weighted by atomic mass is 35.5. The van der Waals surface area contributed by atoms with E-state index in [1.165, 1.54) is 6.07 Å². The molecule has 4 aromatic rings. The number of benzene rings is 4. The maximum absolute atomic E-state index is 13.8. The molecule has 45 heavy (non-hydrogen) atoms. The van der Waals surface area contributed by atoms with Gasteiger partial charge >= 0.3 is 12.1 Å². The molecule has 0 spiro atoms. The highest BCUT2D eigenvalue weighted by Crippen LogP contribution is 2.40. The quantitative estimate of drug-likeness (QED) is 0.129. The van der Waals surface area contributed by atoms with E-state index in [1.807, 2.05) is 84.9 Å². The maximum atomic E-state index is 13.8. The van der Waals surface area contributed by atoms with E-state index in [9.17, 15) is 18.0 Å². The molecule has 0 aromatic heterocycles. The fourth-order valence-corrected chi connectivity index (χ4v) is 5.69. The molecule has 0 bridgehead atoms. The van der Waals surface area contributed by atoms with Gasteiger partial charge in [0.15, 0.2) is 0 Å². The van der Waals surface area contributed by atoms with E-state index in [2.05, 4.69) is 17.1 Å². The van der Waals surface area contributed by atoms with Crippen molar-refractivity contribution in [2.45, 2.75) is 51.0 Å². The zero-order chi connectivity index (χ0) is 32.5. The Labute approximate surface area is 267 Å². The van der Waals surface area contributed by atoms with Crippen LogP contribution in [0.5, 0.6) is 5.75 Å². The minimum Gasteiger partial charge on any atom is -0.494 e. The number of carboxylic acids is 1. The van der Waals surface area contributed by atoms with E-state index in [1.54, 1.807) is 13.0 Å². The Morgan fingerprint density at radius 2 is 1.56 bits per heavy atom. The van der Waals surface area contributed by atoms with Gasteiger partial charge in [0.2, 0.25) is 0 Å². The third-order valence-corrected chi connectivity index (χ3v) is 8.47. The van der Waals surface area contributed by atoms with E-state index >= 15 is 0 Å². The fraction of sp³-hybridized carbons (Fsp3) is 0.306. The van der Waals surface area contributed by atoms with Crippen molar-refractivity contribution in [3.05, 3.63) is 136 Å². The summed E-state index contributed by atoms with van der Waals surface area (Å²) in [7, 11) is 0. The van der Waals surface area contributed by atoms with Gasteiger partial charge in [0, 0.05) is 13.1 Å². The summed E-state index contributed by atoms with van der Waals surface area (Å²) in [6.45, 7) is 5.27. The summed E-state index contributed by atoms with van der Waals surface area (Å²) in [5.74, 6) is -0.202. The number of hydrogen-bond acceptors (Lipinski definition) is 4. The fourth-order valence-electron chi connectivity index (χ4n) is 5.40. The molecule has 5 nitrogen and oxygen atoms in total. The van der Waals surface area contributed by atoms with Crippen LogP contribution in [0, 0.1) is 0 Å². The third kappa shape index (κ3) is 8.87. The molecule has 4 rings (SSSR count). The van der Waals surface area contributed by atoms with Crippen molar-refractivity contribution in [1.29, 1.82) is 0 Å². The lowest BCUT2D eigenvalue weighted by Crippen LogP contribution is -2.45. The number of alkyl halides is 3. The summed E-state index contributed by atoms with van der Waals surface area (Å²) in [6, 6.07) is 30.9. The van der Waals surface area contributed by atoms with Crippen molar-refractivity contribution in [3.63, 3.8) is 0 Å². The molecule has 0 heterocycles. The molecule has 4 aromatic carbocycles. The molecule has 0 aliphatic carbocycles. The van der Waals surface area contributed by atoms with Gasteiger partial charge in [-0.05, 0) is 73.7 Å². The van der Waals surface area contributed by atoms with Crippen LogP contribution < -0.4 is 10.1 Å². The Hall–Kier alpha value is -3.85. The van der Waals surface area contributed by atoms with Crippen LogP contribution in [0.25, 0.3) is 0 Å². The lowest BCUT2D eigenvalue weighted by Gasteiger charge is -2.43. The molecule has 0 amide bonds. The first-order valence-electron chi connectivity index (χ1n) is 14.9. The molecular formula is C36H38ClF3N2O3. The van der Waals surface area contributed by atoms with E-state index in [4.69, 9.17) is 21.4 Å². The summed E-state index contributed by atoms with van der Waals surface area (Å²) in [4.78, 5) is 13.2. The highest BCUT2D eigenvalue weighted by molar-refractivity contribution is 6.32. The Kier molecular flexibility index (Phi) is 11.7. The van der Waals surface area contributed by atoms with Crippen LogP contribution >= 0.6 is 11.6 Å². The molecule has 0 unspecified atom stereocenters. The number of hydrogen-bond donors (Lipinski definition) is 2. The van der Waals surface area contributed by atoms with Gasteiger partial charge in [-0.25, -0.2) is 0 Å². The van der Waals surface area contributed by atoms with Gasteiger partial charge in [-0.2, -0.15) is 13.2 Å². The average molecular weight is 639 g/mol. The Balaban J connectivity index is 1.56. The van der Waals surface area contributed by atoms with Crippen molar-refractivity contribution in [2.75, 3.05) is 19.7 Å². The monoisotopic (exact) mass is 638 g/mol. The highest BCUT2D eigenvalue weighted by Gasteiger charge is 2.37. The van der Waals surface area contributed by atoms with Crippen molar-refractivity contribution in [2.24, 2.45) is 0 Å². The molecule has 2 N–H and O–H groups in total. The number of carboxylic acid groups (broad SMARTS) is 1. The zero-order valence-electron chi connectivity index (χ0n) is 25.4. The Morgan fingerprint density at radius 1 is 0.933 bits per heavy atom. The minimum absolute atomic E-state index is 0.181. The number of ether oxygens (including phenoxy) is 1. The lowest BCUT2D eigenvalue weighted by atomic mass is 9.82. The second kappa shape index (κ2) is 15.4. The normalized spacial score (nSPS) is 12.7. The number of aliphatic carboxylic acids is 1. The van der Waals surface area contributed by atoms with Crippen molar-refractivity contribution < 1.29 is 27.8 Å². The lowest BCUT2D eigenvalue weighted by molar-refractivity contribution is -0.139. The maximum Gasteiger partial charge on any atom is 0.417 e. The molecule has 9 heteroatoms. The first-order valence-corrected chi connectivity index (χ1v) is 15.3. The van der Waals surface area contributed by atoms with Crippen molar-refractivity contribution in [3.8, 4) is 5.75 Å². The number of nitrogens with zero attached hydrogens (tertiary/aromatic N) is 1. The van der Waals surface area contributed by atoms with Crippen LogP contribution in [0.1, 0.15) is 48.1 Å². The van der Waals surface area contributed by atoms with Gasteiger partial charge in [0.25, 0.3) is 0 Å². The molecule has 0 radical (unpaired) electrons.